The smallest absolute Gasteiger partial charge is 0.191 e. The molecule has 6 nitrogen and oxygen atoms in total. The van der Waals surface area contributed by atoms with Gasteiger partial charge in [0.1, 0.15) is 0 Å². The maximum Gasteiger partial charge on any atom is 0.191 e. The number of sulfone groups is 1. The van der Waals surface area contributed by atoms with Gasteiger partial charge in [-0.25, -0.2) is 8.42 Å². The number of benzene rings is 1. The summed E-state index contributed by atoms with van der Waals surface area (Å²) in [6, 6.07) is 10.1. The zero-order valence-electron chi connectivity index (χ0n) is 16.3. The Balaban J connectivity index is 0.00000625. The van der Waals surface area contributed by atoms with E-state index in [9.17, 15) is 8.42 Å². The summed E-state index contributed by atoms with van der Waals surface area (Å²) >= 11 is 0. The molecule has 2 N–H and O–H groups in total. The first kappa shape index (κ1) is 25.1. The van der Waals surface area contributed by atoms with Crippen LogP contribution in [0.15, 0.2) is 35.3 Å². The van der Waals surface area contributed by atoms with Crippen LogP contribution in [-0.4, -0.2) is 52.1 Å². The van der Waals surface area contributed by atoms with Gasteiger partial charge in [0.2, 0.25) is 0 Å². The molecule has 8 heteroatoms. The molecule has 0 radical (unpaired) electrons. The highest BCUT2D eigenvalue weighted by Crippen LogP contribution is 2.13. The summed E-state index contributed by atoms with van der Waals surface area (Å²) in [6.07, 6.45) is 1.25. The molecule has 0 bridgehead atoms. The molecule has 0 aliphatic carbocycles. The lowest BCUT2D eigenvalue weighted by molar-refractivity contribution is 0.0931. The van der Waals surface area contributed by atoms with E-state index in [4.69, 9.17) is 4.74 Å². The van der Waals surface area contributed by atoms with Gasteiger partial charge in [-0.2, -0.15) is 0 Å². The summed E-state index contributed by atoms with van der Waals surface area (Å²) in [7, 11) is -1.48. The van der Waals surface area contributed by atoms with E-state index >= 15 is 0 Å². The van der Waals surface area contributed by atoms with E-state index in [0.29, 0.717) is 38.2 Å². The first-order valence-electron chi connectivity index (χ1n) is 8.41. The third-order valence-corrected chi connectivity index (χ3v) is 6.19. The normalized spacial score (nSPS) is 13.7. The highest BCUT2D eigenvalue weighted by atomic mass is 127. The highest BCUT2D eigenvalue weighted by molar-refractivity contribution is 14.0. The molecule has 0 aliphatic rings. The van der Waals surface area contributed by atoms with Crippen LogP contribution in [0.5, 0.6) is 0 Å². The Labute approximate surface area is 175 Å². The van der Waals surface area contributed by atoms with Crippen molar-refractivity contribution in [3.63, 3.8) is 0 Å². The molecule has 150 valence electrons. The van der Waals surface area contributed by atoms with Gasteiger partial charge in [0.05, 0.1) is 18.0 Å². The molecule has 0 saturated heterocycles. The number of rotatable bonds is 9. The van der Waals surface area contributed by atoms with Crippen LogP contribution in [-0.2, 0) is 21.2 Å². The third kappa shape index (κ3) is 9.18. The Morgan fingerprint density at radius 3 is 2.38 bits per heavy atom. The predicted molar refractivity (Wildman–Crippen MR) is 119 cm³/mol. The van der Waals surface area contributed by atoms with Crippen molar-refractivity contribution in [2.24, 2.45) is 10.9 Å². The number of hydrogen-bond donors (Lipinski definition) is 2. The van der Waals surface area contributed by atoms with E-state index in [1.165, 1.54) is 6.26 Å². The fraction of sp³-hybridized carbons (Fsp3) is 0.611. The summed E-state index contributed by atoms with van der Waals surface area (Å²) < 4.78 is 28.4. The first-order chi connectivity index (χ1) is 11.7. The second-order valence-corrected chi connectivity index (χ2v) is 9.59. The fourth-order valence-corrected chi connectivity index (χ4v) is 2.26. The molecular formula is C18H32IN3O3S. The lowest BCUT2D eigenvalue weighted by Gasteiger charge is -2.24. The van der Waals surface area contributed by atoms with Crippen molar-refractivity contribution < 1.29 is 13.2 Å². The molecule has 1 atom stereocenters. The van der Waals surface area contributed by atoms with Gasteiger partial charge in [-0.15, -0.1) is 24.0 Å². The molecule has 1 aromatic rings. The number of ether oxygens (including phenoxy) is 1. The number of guanidine groups is 1. The van der Waals surface area contributed by atoms with E-state index in [-0.39, 0.29) is 24.0 Å². The van der Waals surface area contributed by atoms with Crippen LogP contribution in [0, 0.1) is 5.92 Å². The summed E-state index contributed by atoms with van der Waals surface area (Å²) in [6.45, 7) is 7.70. The van der Waals surface area contributed by atoms with Crippen molar-refractivity contribution in [2.45, 2.75) is 32.1 Å². The van der Waals surface area contributed by atoms with Gasteiger partial charge in [0, 0.05) is 26.4 Å². The zero-order chi connectivity index (χ0) is 18.9. The minimum Gasteiger partial charge on any atom is -0.376 e. The predicted octanol–water partition coefficient (Wildman–Crippen LogP) is 2.45. The minimum atomic E-state index is -3.14. The van der Waals surface area contributed by atoms with Crippen molar-refractivity contribution >= 4 is 39.8 Å². The number of aliphatic imine (C=N–C) groups is 1. The van der Waals surface area contributed by atoms with E-state index in [1.807, 2.05) is 30.3 Å². The molecule has 0 heterocycles. The van der Waals surface area contributed by atoms with Crippen molar-refractivity contribution in [2.75, 3.05) is 33.0 Å². The SMILES string of the molecule is CN=C(NCC(C)COCc1ccccc1)NCC(C)(C)S(C)(=O)=O.I. The molecular weight excluding hydrogens is 465 g/mol. The Morgan fingerprint density at radius 1 is 1.23 bits per heavy atom. The van der Waals surface area contributed by atoms with Gasteiger partial charge in [-0.1, -0.05) is 37.3 Å². The van der Waals surface area contributed by atoms with Crippen LogP contribution >= 0.6 is 24.0 Å². The molecule has 0 spiro atoms. The number of halogens is 1. The topological polar surface area (TPSA) is 79.8 Å². The van der Waals surface area contributed by atoms with Gasteiger partial charge in [-0.05, 0) is 25.3 Å². The second-order valence-electron chi connectivity index (χ2n) is 6.94. The molecule has 0 fully saturated rings. The van der Waals surface area contributed by atoms with E-state index < -0.39 is 14.6 Å². The Hall–Kier alpha value is -0.870. The van der Waals surface area contributed by atoms with Crippen LogP contribution in [0.1, 0.15) is 26.3 Å². The molecule has 0 aliphatic heterocycles. The quantitative estimate of drug-likeness (QED) is 0.311. The first-order valence-corrected chi connectivity index (χ1v) is 10.3. The van der Waals surface area contributed by atoms with Gasteiger partial charge >= 0.3 is 0 Å². The Morgan fingerprint density at radius 2 is 1.85 bits per heavy atom. The van der Waals surface area contributed by atoms with Crippen LogP contribution < -0.4 is 10.6 Å². The van der Waals surface area contributed by atoms with Crippen LogP contribution in [0.2, 0.25) is 0 Å². The van der Waals surface area contributed by atoms with Crippen LogP contribution in [0.4, 0.5) is 0 Å². The van der Waals surface area contributed by atoms with Crippen molar-refractivity contribution in [3.8, 4) is 0 Å². The number of nitrogens with one attached hydrogen (secondary N) is 2. The monoisotopic (exact) mass is 497 g/mol. The van der Waals surface area contributed by atoms with Crippen LogP contribution in [0.3, 0.4) is 0 Å². The summed E-state index contributed by atoms with van der Waals surface area (Å²) in [5, 5.41) is 6.28. The van der Waals surface area contributed by atoms with Gasteiger partial charge in [-0.3, -0.25) is 4.99 Å². The Kier molecular flexibility index (Phi) is 11.4. The van der Waals surface area contributed by atoms with Gasteiger partial charge in [0.25, 0.3) is 0 Å². The second kappa shape index (κ2) is 11.8. The lowest BCUT2D eigenvalue weighted by atomic mass is 10.2. The Bertz CT molecular complexity index is 649. The molecule has 0 aromatic heterocycles. The molecule has 26 heavy (non-hydrogen) atoms. The average molecular weight is 497 g/mol. The molecule has 0 amide bonds. The average Bonchev–Trinajstić information content (AvgIpc) is 2.55. The molecule has 0 saturated carbocycles. The minimum absolute atomic E-state index is 0. The largest absolute Gasteiger partial charge is 0.376 e. The van der Waals surface area contributed by atoms with Gasteiger partial charge < -0.3 is 15.4 Å². The van der Waals surface area contributed by atoms with E-state index in [1.54, 1.807) is 20.9 Å². The maximum atomic E-state index is 11.7. The number of hydrogen-bond acceptors (Lipinski definition) is 4. The van der Waals surface area contributed by atoms with E-state index in [2.05, 4.69) is 22.5 Å². The van der Waals surface area contributed by atoms with E-state index in [0.717, 1.165) is 5.56 Å². The molecule has 1 rings (SSSR count). The number of nitrogens with zero attached hydrogens (tertiary/aromatic N) is 1. The fourth-order valence-electron chi connectivity index (χ4n) is 1.93. The summed E-state index contributed by atoms with van der Waals surface area (Å²) in [5.74, 6) is 0.886. The van der Waals surface area contributed by atoms with Crippen molar-refractivity contribution in [3.05, 3.63) is 35.9 Å². The maximum absolute atomic E-state index is 11.7. The zero-order valence-corrected chi connectivity index (χ0v) is 19.4. The van der Waals surface area contributed by atoms with Crippen LogP contribution in [0.25, 0.3) is 0 Å². The van der Waals surface area contributed by atoms with Gasteiger partial charge in [0.15, 0.2) is 15.8 Å². The summed E-state index contributed by atoms with van der Waals surface area (Å²) in [4.78, 5) is 4.13. The highest BCUT2D eigenvalue weighted by Gasteiger charge is 2.30. The molecule has 1 unspecified atom stereocenters. The lowest BCUT2D eigenvalue weighted by Crippen LogP contribution is -2.48. The standard InChI is InChI=1S/C18H31N3O3S.HI/c1-15(12-24-13-16-9-7-6-8-10-16)11-20-17(19-4)21-14-18(2,3)25(5,22)23;/h6-10,15H,11-14H2,1-5H3,(H2,19,20,21);1H. The summed E-state index contributed by atoms with van der Waals surface area (Å²) in [5.41, 5.74) is 1.16. The third-order valence-electron chi connectivity index (χ3n) is 4.04. The molecule has 1 aromatic carbocycles. The van der Waals surface area contributed by atoms with Crippen molar-refractivity contribution in [1.82, 2.24) is 10.6 Å². The van der Waals surface area contributed by atoms with Crippen molar-refractivity contribution in [1.29, 1.82) is 0 Å².